The van der Waals surface area contributed by atoms with Crippen molar-refractivity contribution in [3.8, 4) is 11.5 Å². The summed E-state index contributed by atoms with van der Waals surface area (Å²) in [6.45, 7) is 0. The van der Waals surface area contributed by atoms with Crippen molar-refractivity contribution in [3.63, 3.8) is 0 Å². The number of amides is 1. The molecule has 0 bridgehead atoms. The van der Waals surface area contributed by atoms with Gasteiger partial charge in [-0.2, -0.15) is 0 Å². The number of rotatable bonds is 7. The topological polar surface area (TPSA) is 64.1 Å². The maximum atomic E-state index is 12.8. The van der Waals surface area contributed by atoms with Gasteiger partial charge in [-0.05, 0) is 54.8 Å². The van der Waals surface area contributed by atoms with Crippen molar-refractivity contribution < 1.29 is 9.53 Å². The Hall–Kier alpha value is -3.51. The van der Waals surface area contributed by atoms with E-state index in [0.29, 0.717) is 22.7 Å². The van der Waals surface area contributed by atoms with Crippen molar-refractivity contribution in [2.45, 2.75) is 12.8 Å². The molecule has 2 aromatic carbocycles. The van der Waals surface area contributed by atoms with E-state index in [0.717, 1.165) is 17.9 Å². The summed E-state index contributed by atoms with van der Waals surface area (Å²) in [5.41, 5.74) is 4.37. The third-order valence-electron chi connectivity index (χ3n) is 4.32. The minimum atomic E-state index is -0.158. The quantitative estimate of drug-likeness (QED) is 0.452. The number of hydrogen-bond acceptors (Lipinski definition) is 5. The van der Waals surface area contributed by atoms with Gasteiger partial charge in [-0.25, -0.2) is 4.98 Å². The fourth-order valence-electron chi connectivity index (χ4n) is 2.89. The van der Waals surface area contributed by atoms with E-state index in [9.17, 15) is 4.79 Å². The third kappa shape index (κ3) is 5.06. The largest absolute Gasteiger partial charge is 0.457 e. The Bertz CT molecular complexity index is 1080. The number of nitrogens with zero attached hydrogens (tertiary/aromatic N) is 2. The van der Waals surface area contributed by atoms with Crippen LogP contribution in [0.25, 0.3) is 0 Å². The van der Waals surface area contributed by atoms with E-state index in [4.69, 9.17) is 4.74 Å². The molecule has 0 unspecified atom stereocenters. The highest BCUT2D eigenvalue weighted by Crippen LogP contribution is 2.25. The van der Waals surface area contributed by atoms with Crippen LogP contribution >= 0.6 is 11.3 Å². The summed E-state index contributed by atoms with van der Waals surface area (Å²) in [7, 11) is 0. The molecule has 5 nitrogen and oxygen atoms in total. The standard InChI is InChI=1S/C23H19N3O2S/c27-23(22-21(25-16-29-22)10-9-17-11-13-24-14-12-17)26-18-5-4-8-20(15-18)28-19-6-2-1-3-7-19/h1-8,11-16H,9-10H2,(H,26,27). The molecule has 4 rings (SSSR count). The molecule has 0 spiro atoms. The second-order valence-corrected chi connectivity index (χ2v) is 7.24. The van der Waals surface area contributed by atoms with Gasteiger partial charge in [0, 0.05) is 24.1 Å². The Morgan fingerprint density at radius 2 is 1.72 bits per heavy atom. The number of nitrogens with one attached hydrogen (secondary N) is 1. The molecule has 0 aliphatic rings. The van der Waals surface area contributed by atoms with E-state index >= 15 is 0 Å². The van der Waals surface area contributed by atoms with E-state index in [1.165, 1.54) is 16.9 Å². The number of carbonyl (C=O) groups is 1. The van der Waals surface area contributed by atoms with Gasteiger partial charge in [0.15, 0.2) is 0 Å². The Morgan fingerprint density at radius 3 is 2.55 bits per heavy atom. The van der Waals surface area contributed by atoms with Gasteiger partial charge in [0.05, 0.1) is 11.2 Å². The first kappa shape index (κ1) is 18.8. The molecule has 6 heteroatoms. The lowest BCUT2D eigenvalue weighted by Gasteiger charge is -2.09. The zero-order chi connectivity index (χ0) is 19.9. The summed E-state index contributed by atoms with van der Waals surface area (Å²) >= 11 is 1.35. The number of pyridine rings is 1. The predicted octanol–water partition coefficient (Wildman–Crippen LogP) is 5.37. The molecule has 0 aliphatic carbocycles. The van der Waals surface area contributed by atoms with Gasteiger partial charge < -0.3 is 10.1 Å². The van der Waals surface area contributed by atoms with Crippen LogP contribution in [0.5, 0.6) is 11.5 Å². The monoisotopic (exact) mass is 401 g/mol. The number of para-hydroxylation sites is 1. The fraction of sp³-hybridized carbons (Fsp3) is 0.0870. The number of carbonyl (C=O) groups excluding carboxylic acids is 1. The van der Waals surface area contributed by atoms with E-state index < -0.39 is 0 Å². The molecule has 1 N–H and O–H groups in total. The van der Waals surface area contributed by atoms with Crippen LogP contribution in [0.2, 0.25) is 0 Å². The predicted molar refractivity (Wildman–Crippen MR) is 115 cm³/mol. The summed E-state index contributed by atoms with van der Waals surface area (Å²) in [5.74, 6) is 1.25. The summed E-state index contributed by atoms with van der Waals surface area (Å²) < 4.78 is 5.84. The van der Waals surface area contributed by atoms with Gasteiger partial charge in [-0.3, -0.25) is 9.78 Å². The van der Waals surface area contributed by atoms with E-state index in [2.05, 4.69) is 15.3 Å². The second kappa shape index (κ2) is 9.12. The van der Waals surface area contributed by atoms with Crippen LogP contribution in [-0.2, 0) is 12.8 Å². The number of anilines is 1. The van der Waals surface area contributed by atoms with Crippen molar-refractivity contribution in [1.82, 2.24) is 9.97 Å². The second-order valence-electron chi connectivity index (χ2n) is 6.38. The number of benzene rings is 2. The van der Waals surface area contributed by atoms with Gasteiger partial charge in [0.1, 0.15) is 16.4 Å². The highest BCUT2D eigenvalue weighted by molar-refractivity contribution is 7.12. The van der Waals surface area contributed by atoms with Crippen LogP contribution < -0.4 is 10.1 Å². The molecule has 0 fully saturated rings. The SMILES string of the molecule is O=C(Nc1cccc(Oc2ccccc2)c1)c1scnc1CCc1ccncc1. The van der Waals surface area contributed by atoms with Gasteiger partial charge in [0.2, 0.25) is 0 Å². The zero-order valence-electron chi connectivity index (χ0n) is 15.6. The number of hydrogen-bond donors (Lipinski definition) is 1. The van der Waals surface area contributed by atoms with Crippen LogP contribution in [0.1, 0.15) is 20.9 Å². The average molecular weight is 401 g/mol. The Labute approximate surface area is 173 Å². The number of thiazole rings is 1. The van der Waals surface area contributed by atoms with Crippen molar-refractivity contribution in [2.75, 3.05) is 5.32 Å². The average Bonchev–Trinajstić information content (AvgIpc) is 3.23. The zero-order valence-corrected chi connectivity index (χ0v) is 16.4. The Morgan fingerprint density at radius 1 is 0.931 bits per heavy atom. The maximum Gasteiger partial charge on any atom is 0.267 e. The maximum absolute atomic E-state index is 12.8. The number of ether oxygens (including phenoxy) is 1. The van der Waals surface area contributed by atoms with Crippen molar-refractivity contribution in [1.29, 1.82) is 0 Å². The van der Waals surface area contributed by atoms with Crippen LogP contribution in [-0.4, -0.2) is 15.9 Å². The van der Waals surface area contributed by atoms with E-state index in [1.54, 1.807) is 17.9 Å². The molecular weight excluding hydrogens is 382 g/mol. The molecule has 0 saturated heterocycles. The van der Waals surface area contributed by atoms with Crippen LogP contribution in [0.4, 0.5) is 5.69 Å². The molecule has 0 radical (unpaired) electrons. The fourth-order valence-corrected chi connectivity index (χ4v) is 3.63. The molecule has 4 aromatic rings. The molecule has 0 atom stereocenters. The molecule has 29 heavy (non-hydrogen) atoms. The van der Waals surface area contributed by atoms with Gasteiger partial charge in [-0.1, -0.05) is 24.3 Å². The molecule has 1 amide bonds. The number of aryl methyl sites for hydroxylation is 2. The third-order valence-corrected chi connectivity index (χ3v) is 5.19. The highest BCUT2D eigenvalue weighted by atomic mass is 32.1. The molecule has 2 heterocycles. The lowest BCUT2D eigenvalue weighted by Crippen LogP contribution is -2.13. The molecule has 0 aliphatic heterocycles. The van der Waals surface area contributed by atoms with Crippen LogP contribution in [0, 0.1) is 0 Å². The Balaban J connectivity index is 1.42. The minimum absolute atomic E-state index is 0.158. The van der Waals surface area contributed by atoms with Gasteiger partial charge >= 0.3 is 0 Å². The molecule has 0 saturated carbocycles. The van der Waals surface area contributed by atoms with Crippen molar-refractivity contribution in [2.24, 2.45) is 0 Å². The lowest BCUT2D eigenvalue weighted by molar-refractivity contribution is 0.102. The van der Waals surface area contributed by atoms with Crippen LogP contribution in [0.15, 0.2) is 84.6 Å². The van der Waals surface area contributed by atoms with Gasteiger partial charge in [0.25, 0.3) is 5.91 Å². The minimum Gasteiger partial charge on any atom is -0.457 e. The first-order valence-corrected chi connectivity index (χ1v) is 10.1. The van der Waals surface area contributed by atoms with Crippen molar-refractivity contribution in [3.05, 3.63) is 101 Å². The summed E-state index contributed by atoms with van der Waals surface area (Å²) in [5, 5.41) is 2.95. The summed E-state index contributed by atoms with van der Waals surface area (Å²) in [4.78, 5) is 21.8. The highest BCUT2D eigenvalue weighted by Gasteiger charge is 2.15. The summed E-state index contributed by atoms with van der Waals surface area (Å²) in [6, 6.07) is 20.8. The van der Waals surface area contributed by atoms with Crippen molar-refractivity contribution >= 4 is 22.9 Å². The smallest absolute Gasteiger partial charge is 0.267 e. The van der Waals surface area contributed by atoms with Gasteiger partial charge in [-0.15, -0.1) is 11.3 Å². The van der Waals surface area contributed by atoms with E-state index in [1.807, 2.05) is 66.7 Å². The lowest BCUT2D eigenvalue weighted by atomic mass is 10.1. The first-order valence-electron chi connectivity index (χ1n) is 9.23. The molecule has 2 aromatic heterocycles. The normalized spacial score (nSPS) is 10.5. The summed E-state index contributed by atoms with van der Waals surface area (Å²) in [6.07, 6.45) is 5.06. The first-order chi connectivity index (χ1) is 14.3. The van der Waals surface area contributed by atoms with E-state index in [-0.39, 0.29) is 5.91 Å². The van der Waals surface area contributed by atoms with Crippen LogP contribution in [0.3, 0.4) is 0 Å². The molecule has 144 valence electrons. The number of aromatic nitrogens is 2. The Kier molecular flexibility index (Phi) is 5.92. The molecular formula is C23H19N3O2S.